The average molecular weight is 390 g/mol. The largest absolute Gasteiger partial charge is 0.343 e. The van der Waals surface area contributed by atoms with E-state index in [0.717, 1.165) is 16.5 Å². The summed E-state index contributed by atoms with van der Waals surface area (Å²) >= 11 is 1.39. The Balaban J connectivity index is 1.33. The van der Waals surface area contributed by atoms with Gasteiger partial charge < -0.3 is 15.1 Å². The van der Waals surface area contributed by atoms with E-state index >= 15 is 0 Å². The number of carbonyl (C=O) groups excluding carboxylic acids is 1. The van der Waals surface area contributed by atoms with E-state index in [2.05, 4.69) is 25.6 Å². The Bertz CT molecular complexity index is 988. The van der Waals surface area contributed by atoms with Crippen molar-refractivity contribution >= 4 is 28.4 Å². The average Bonchev–Trinajstić information content (AvgIpc) is 3.25. The molecule has 7 nitrogen and oxygen atoms in total. The fourth-order valence-electron chi connectivity index (χ4n) is 2.98. The number of hydrogen-bond donors (Lipinski definition) is 1. The van der Waals surface area contributed by atoms with E-state index in [-0.39, 0.29) is 6.03 Å². The maximum Gasteiger partial charge on any atom is 0.321 e. The highest BCUT2D eigenvalue weighted by molar-refractivity contribution is 7.09. The van der Waals surface area contributed by atoms with Crippen molar-refractivity contribution in [3.05, 3.63) is 60.2 Å². The lowest BCUT2D eigenvalue weighted by atomic mass is 10.2. The molecular formula is C20H18N6OS. The van der Waals surface area contributed by atoms with Crippen LogP contribution in [0.3, 0.4) is 0 Å². The first kappa shape index (κ1) is 17.9. The normalized spacial score (nSPS) is 13.8. The minimum Gasteiger partial charge on any atom is -0.343 e. The van der Waals surface area contributed by atoms with Crippen molar-refractivity contribution in [2.24, 2.45) is 0 Å². The van der Waals surface area contributed by atoms with Gasteiger partial charge in [0.15, 0.2) is 5.82 Å². The zero-order valence-corrected chi connectivity index (χ0v) is 15.9. The third kappa shape index (κ3) is 3.94. The van der Waals surface area contributed by atoms with Crippen LogP contribution in [0.5, 0.6) is 0 Å². The number of amides is 2. The van der Waals surface area contributed by atoms with Gasteiger partial charge in [0, 0.05) is 49.0 Å². The molecule has 0 radical (unpaired) electrons. The summed E-state index contributed by atoms with van der Waals surface area (Å²) in [6, 6.07) is 18.7. The number of aromatic nitrogens is 2. The van der Waals surface area contributed by atoms with Gasteiger partial charge in [-0.2, -0.15) is 14.6 Å². The maximum absolute atomic E-state index is 12.5. The molecule has 0 spiro atoms. The molecule has 28 heavy (non-hydrogen) atoms. The molecule has 2 aromatic carbocycles. The van der Waals surface area contributed by atoms with Crippen molar-refractivity contribution in [1.82, 2.24) is 14.3 Å². The van der Waals surface area contributed by atoms with E-state index in [9.17, 15) is 4.79 Å². The highest BCUT2D eigenvalue weighted by Gasteiger charge is 2.23. The van der Waals surface area contributed by atoms with Gasteiger partial charge in [-0.25, -0.2) is 4.79 Å². The molecule has 1 aliphatic rings. The third-order valence-electron chi connectivity index (χ3n) is 4.55. The topological polar surface area (TPSA) is 85.2 Å². The van der Waals surface area contributed by atoms with E-state index in [0.29, 0.717) is 37.4 Å². The van der Waals surface area contributed by atoms with Crippen molar-refractivity contribution in [3.63, 3.8) is 0 Å². The van der Waals surface area contributed by atoms with Crippen LogP contribution < -0.4 is 10.2 Å². The molecular weight excluding hydrogens is 372 g/mol. The van der Waals surface area contributed by atoms with E-state index in [1.54, 1.807) is 29.2 Å². The lowest BCUT2D eigenvalue weighted by Gasteiger charge is -2.34. The Morgan fingerprint density at radius 3 is 2.43 bits per heavy atom. The lowest BCUT2D eigenvalue weighted by molar-refractivity contribution is 0.208. The van der Waals surface area contributed by atoms with Crippen LogP contribution in [0, 0.1) is 11.3 Å². The molecule has 0 bridgehead atoms. The smallest absolute Gasteiger partial charge is 0.321 e. The van der Waals surface area contributed by atoms with Crippen molar-refractivity contribution in [2.75, 3.05) is 36.4 Å². The Kier molecular flexibility index (Phi) is 5.17. The van der Waals surface area contributed by atoms with Gasteiger partial charge in [-0.3, -0.25) is 0 Å². The number of nitriles is 1. The zero-order chi connectivity index (χ0) is 19.3. The van der Waals surface area contributed by atoms with Crippen LogP contribution in [-0.2, 0) is 0 Å². The molecule has 1 fully saturated rings. The van der Waals surface area contributed by atoms with Gasteiger partial charge in [-0.05, 0) is 24.3 Å². The van der Waals surface area contributed by atoms with Crippen LogP contribution in [0.2, 0.25) is 0 Å². The van der Waals surface area contributed by atoms with Crippen LogP contribution in [-0.4, -0.2) is 46.5 Å². The van der Waals surface area contributed by atoms with Gasteiger partial charge in [-0.1, -0.05) is 30.3 Å². The molecule has 1 saturated heterocycles. The quantitative estimate of drug-likeness (QED) is 0.741. The molecule has 4 rings (SSSR count). The van der Waals surface area contributed by atoms with E-state index < -0.39 is 0 Å². The number of benzene rings is 2. The molecule has 8 heteroatoms. The molecule has 0 saturated carbocycles. The van der Waals surface area contributed by atoms with Crippen LogP contribution in [0.1, 0.15) is 5.56 Å². The highest BCUT2D eigenvalue weighted by atomic mass is 32.1. The first-order valence-corrected chi connectivity index (χ1v) is 9.70. The molecule has 0 atom stereocenters. The number of rotatable bonds is 3. The van der Waals surface area contributed by atoms with Crippen molar-refractivity contribution in [2.45, 2.75) is 0 Å². The number of carbonyl (C=O) groups is 1. The minimum atomic E-state index is -0.133. The summed E-state index contributed by atoms with van der Waals surface area (Å²) in [5, 5.41) is 12.6. The molecule has 1 N–H and O–H groups in total. The van der Waals surface area contributed by atoms with Gasteiger partial charge in [0.2, 0.25) is 5.13 Å². The summed E-state index contributed by atoms with van der Waals surface area (Å²) in [6.45, 7) is 2.65. The fraction of sp³-hybridized carbons (Fsp3) is 0.200. The van der Waals surface area contributed by atoms with Crippen molar-refractivity contribution in [1.29, 1.82) is 5.26 Å². The maximum atomic E-state index is 12.5. The fourth-order valence-corrected chi connectivity index (χ4v) is 3.72. The molecule has 2 amide bonds. The summed E-state index contributed by atoms with van der Waals surface area (Å²) in [6.07, 6.45) is 0. The van der Waals surface area contributed by atoms with E-state index in [4.69, 9.17) is 5.26 Å². The summed E-state index contributed by atoms with van der Waals surface area (Å²) in [4.78, 5) is 21.1. The second-order valence-electron chi connectivity index (χ2n) is 6.36. The van der Waals surface area contributed by atoms with Crippen LogP contribution in [0.15, 0.2) is 54.6 Å². The highest BCUT2D eigenvalue weighted by Crippen LogP contribution is 2.24. The Hall–Kier alpha value is -3.44. The van der Waals surface area contributed by atoms with Crippen LogP contribution >= 0.6 is 11.5 Å². The molecule has 0 aliphatic carbocycles. The summed E-state index contributed by atoms with van der Waals surface area (Å²) in [5.41, 5.74) is 2.26. The monoisotopic (exact) mass is 390 g/mol. The number of nitrogens with one attached hydrogen (secondary N) is 1. The van der Waals surface area contributed by atoms with Gasteiger partial charge in [-0.15, -0.1) is 0 Å². The van der Waals surface area contributed by atoms with Gasteiger partial charge in [0.05, 0.1) is 11.6 Å². The zero-order valence-electron chi connectivity index (χ0n) is 15.1. The molecule has 1 aromatic heterocycles. The molecule has 1 aliphatic heterocycles. The molecule has 2 heterocycles. The van der Waals surface area contributed by atoms with Crippen LogP contribution in [0.25, 0.3) is 11.4 Å². The third-order valence-corrected chi connectivity index (χ3v) is 5.33. The van der Waals surface area contributed by atoms with Crippen molar-refractivity contribution in [3.8, 4) is 17.5 Å². The van der Waals surface area contributed by atoms with Gasteiger partial charge in [0.1, 0.15) is 0 Å². The Morgan fingerprint density at radius 1 is 1.04 bits per heavy atom. The van der Waals surface area contributed by atoms with E-state index in [1.807, 2.05) is 30.3 Å². The molecule has 140 valence electrons. The van der Waals surface area contributed by atoms with Gasteiger partial charge >= 0.3 is 6.03 Å². The molecule has 0 unspecified atom stereocenters. The second kappa shape index (κ2) is 8.06. The minimum absolute atomic E-state index is 0.133. The van der Waals surface area contributed by atoms with Crippen LogP contribution in [0.4, 0.5) is 15.6 Å². The number of nitrogens with zero attached hydrogens (tertiary/aromatic N) is 5. The summed E-state index contributed by atoms with van der Waals surface area (Å²) < 4.78 is 4.46. The predicted octanol–water partition coefficient (Wildman–Crippen LogP) is 3.43. The van der Waals surface area contributed by atoms with E-state index in [1.165, 1.54) is 11.5 Å². The Labute approximate surface area is 167 Å². The SMILES string of the molecule is N#Cc1ccc(NC(=O)N2CCN(c3nc(-c4ccccc4)ns3)CC2)cc1. The molecule has 3 aromatic rings. The standard InChI is InChI=1S/C20H18N6OS/c21-14-15-6-8-17(9-7-15)22-19(27)25-10-12-26(13-11-25)20-23-18(24-28-20)16-4-2-1-3-5-16/h1-9H,10-13H2,(H,22,27). The number of hydrogen-bond acceptors (Lipinski definition) is 6. The second-order valence-corrected chi connectivity index (χ2v) is 7.09. The Morgan fingerprint density at radius 2 is 1.75 bits per heavy atom. The summed E-state index contributed by atoms with van der Waals surface area (Å²) in [7, 11) is 0. The number of piperazine rings is 1. The lowest BCUT2D eigenvalue weighted by Crippen LogP contribution is -2.50. The predicted molar refractivity (Wildman–Crippen MR) is 109 cm³/mol. The van der Waals surface area contributed by atoms with Crippen molar-refractivity contribution < 1.29 is 4.79 Å². The number of urea groups is 1. The summed E-state index contributed by atoms with van der Waals surface area (Å²) in [5.74, 6) is 0.738. The first-order valence-electron chi connectivity index (χ1n) is 8.93. The number of anilines is 2. The first-order chi connectivity index (χ1) is 13.7. The van der Waals surface area contributed by atoms with Gasteiger partial charge in [0.25, 0.3) is 0 Å².